The monoisotopic (exact) mass is 346 g/mol. The maximum atomic E-state index is 12.1. The van der Waals surface area contributed by atoms with Crippen LogP contribution in [0.2, 0.25) is 5.02 Å². The lowest BCUT2D eigenvalue weighted by Gasteiger charge is -2.34. The number of rotatable bonds is 4. The molecule has 2 fully saturated rings. The van der Waals surface area contributed by atoms with Crippen molar-refractivity contribution >= 4 is 17.5 Å². The SMILES string of the molecule is O=C(C1CC1)N1CCN(Cc2nc(-c3ccccc3Cl)no2)CC1. The molecule has 1 aliphatic heterocycles. The average Bonchev–Trinajstić information content (AvgIpc) is 3.35. The molecule has 1 aliphatic carbocycles. The fourth-order valence-corrected chi connectivity index (χ4v) is 3.20. The molecule has 24 heavy (non-hydrogen) atoms. The van der Waals surface area contributed by atoms with E-state index in [0.29, 0.717) is 35.1 Å². The van der Waals surface area contributed by atoms with Crippen LogP contribution in [-0.2, 0) is 11.3 Å². The van der Waals surface area contributed by atoms with Crippen LogP contribution in [0.1, 0.15) is 18.7 Å². The lowest BCUT2D eigenvalue weighted by atomic mass is 10.2. The number of halogens is 1. The Bertz CT molecular complexity index is 736. The summed E-state index contributed by atoms with van der Waals surface area (Å²) in [5.74, 6) is 1.71. The summed E-state index contributed by atoms with van der Waals surface area (Å²) in [5, 5.41) is 4.63. The van der Waals surface area contributed by atoms with Crippen LogP contribution in [0.5, 0.6) is 0 Å². The van der Waals surface area contributed by atoms with Crippen LogP contribution in [0.4, 0.5) is 0 Å². The Kier molecular flexibility index (Phi) is 4.24. The lowest BCUT2D eigenvalue weighted by molar-refractivity contribution is -0.134. The van der Waals surface area contributed by atoms with E-state index in [1.807, 2.05) is 29.2 Å². The highest BCUT2D eigenvalue weighted by molar-refractivity contribution is 6.33. The maximum Gasteiger partial charge on any atom is 0.241 e. The molecule has 0 radical (unpaired) electrons. The van der Waals surface area contributed by atoms with E-state index in [0.717, 1.165) is 44.6 Å². The Hall–Kier alpha value is -1.92. The summed E-state index contributed by atoms with van der Waals surface area (Å²) in [5.41, 5.74) is 0.772. The lowest BCUT2D eigenvalue weighted by Crippen LogP contribution is -2.48. The van der Waals surface area contributed by atoms with Crippen LogP contribution in [0, 0.1) is 5.92 Å². The minimum absolute atomic E-state index is 0.297. The van der Waals surface area contributed by atoms with E-state index in [1.54, 1.807) is 0 Å². The Morgan fingerprint density at radius 3 is 2.67 bits per heavy atom. The maximum absolute atomic E-state index is 12.1. The van der Waals surface area contributed by atoms with Crippen molar-refractivity contribution in [1.82, 2.24) is 19.9 Å². The molecule has 0 unspecified atom stereocenters. The van der Waals surface area contributed by atoms with Crippen LogP contribution in [0.3, 0.4) is 0 Å². The molecule has 126 valence electrons. The molecular formula is C17H19ClN4O2. The predicted octanol–water partition coefficient (Wildman–Crippen LogP) is 2.44. The number of nitrogens with zero attached hydrogens (tertiary/aromatic N) is 4. The van der Waals surface area contributed by atoms with Gasteiger partial charge in [-0.1, -0.05) is 28.9 Å². The van der Waals surface area contributed by atoms with E-state index in [-0.39, 0.29) is 0 Å². The third-order valence-corrected chi connectivity index (χ3v) is 4.88. The van der Waals surface area contributed by atoms with Crippen molar-refractivity contribution in [1.29, 1.82) is 0 Å². The van der Waals surface area contributed by atoms with Crippen LogP contribution in [-0.4, -0.2) is 52.0 Å². The average molecular weight is 347 g/mol. The molecule has 2 aliphatic rings. The fraction of sp³-hybridized carbons (Fsp3) is 0.471. The number of hydrogen-bond acceptors (Lipinski definition) is 5. The van der Waals surface area contributed by atoms with E-state index in [1.165, 1.54) is 0 Å². The minimum Gasteiger partial charge on any atom is -0.340 e. The van der Waals surface area contributed by atoms with Crippen LogP contribution < -0.4 is 0 Å². The van der Waals surface area contributed by atoms with Crippen molar-refractivity contribution in [2.24, 2.45) is 5.92 Å². The molecule has 1 aromatic heterocycles. The normalized spacial score (nSPS) is 18.8. The van der Waals surface area contributed by atoms with Crippen LogP contribution >= 0.6 is 11.6 Å². The van der Waals surface area contributed by atoms with E-state index >= 15 is 0 Å². The molecule has 0 N–H and O–H groups in total. The molecule has 1 saturated carbocycles. The molecule has 2 heterocycles. The number of carbonyl (C=O) groups is 1. The molecule has 6 nitrogen and oxygen atoms in total. The first-order valence-electron chi connectivity index (χ1n) is 8.29. The Labute approximate surface area is 145 Å². The summed E-state index contributed by atoms with van der Waals surface area (Å²) in [4.78, 5) is 20.7. The number of hydrogen-bond donors (Lipinski definition) is 0. The second-order valence-electron chi connectivity index (χ2n) is 6.37. The highest BCUT2D eigenvalue weighted by atomic mass is 35.5. The molecule has 2 aromatic rings. The topological polar surface area (TPSA) is 62.5 Å². The first-order valence-corrected chi connectivity index (χ1v) is 8.67. The van der Waals surface area contributed by atoms with E-state index in [9.17, 15) is 4.79 Å². The highest BCUT2D eigenvalue weighted by Gasteiger charge is 2.34. The first-order chi connectivity index (χ1) is 11.7. The van der Waals surface area contributed by atoms with Gasteiger partial charge >= 0.3 is 0 Å². The Morgan fingerprint density at radius 2 is 1.96 bits per heavy atom. The fourth-order valence-electron chi connectivity index (χ4n) is 2.98. The Balaban J connectivity index is 1.35. The molecule has 1 saturated heterocycles. The van der Waals surface area contributed by atoms with Crippen molar-refractivity contribution in [3.8, 4) is 11.4 Å². The van der Waals surface area contributed by atoms with E-state index in [4.69, 9.17) is 16.1 Å². The molecule has 0 bridgehead atoms. The number of benzene rings is 1. The van der Waals surface area contributed by atoms with E-state index in [2.05, 4.69) is 15.0 Å². The molecule has 1 aromatic carbocycles. The Morgan fingerprint density at radius 1 is 1.21 bits per heavy atom. The van der Waals surface area contributed by atoms with Crippen molar-refractivity contribution in [3.05, 3.63) is 35.2 Å². The van der Waals surface area contributed by atoms with Gasteiger partial charge in [-0.2, -0.15) is 4.98 Å². The number of aromatic nitrogens is 2. The van der Waals surface area contributed by atoms with Crippen molar-refractivity contribution < 1.29 is 9.32 Å². The van der Waals surface area contributed by atoms with E-state index < -0.39 is 0 Å². The third kappa shape index (κ3) is 3.30. The molecule has 4 rings (SSSR count). The number of amides is 1. The van der Waals surface area contributed by atoms with Gasteiger partial charge in [-0.25, -0.2) is 0 Å². The van der Waals surface area contributed by atoms with Crippen LogP contribution in [0.15, 0.2) is 28.8 Å². The third-order valence-electron chi connectivity index (χ3n) is 4.55. The summed E-state index contributed by atoms with van der Waals surface area (Å²) in [6.07, 6.45) is 2.12. The predicted molar refractivity (Wildman–Crippen MR) is 89.3 cm³/mol. The van der Waals surface area contributed by atoms with Gasteiger partial charge in [-0.3, -0.25) is 9.69 Å². The summed E-state index contributed by atoms with van der Waals surface area (Å²) >= 11 is 6.17. The van der Waals surface area contributed by atoms with Crippen molar-refractivity contribution in [2.75, 3.05) is 26.2 Å². The van der Waals surface area contributed by atoms with Gasteiger partial charge < -0.3 is 9.42 Å². The molecule has 0 atom stereocenters. The van der Waals surface area contributed by atoms with Gasteiger partial charge in [0, 0.05) is 37.7 Å². The van der Waals surface area contributed by atoms with Crippen LogP contribution in [0.25, 0.3) is 11.4 Å². The highest BCUT2D eigenvalue weighted by Crippen LogP contribution is 2.31. The molecule has 7 heteroatoms. The first kappa shape index (κ1) is 15.6. The number of carbonyl (C=O) groups excluding carboxylic acids is 1. The van der Waals surface area contributed by atoms with Gasteiger partial charge in [0.05, 0.1) is 11.6 Å². The zero-order valence-corrected chi connectivity index (χ0v) is 14.1. The largest absolute Gasteiger partial charge is 0.340 e. The zero-order chi connectivity index (χ0) is 16.5. The minimum atomic E-state index is 0.297. The molecule has 1 amide bonds. The smallest absolute Gasteiger partial charge is 0.241 e. The molecular weight excluding hydrogens is 328 g/mol. The van der Waals surface area contributed by atoms with Gasteiger partial charge in [0.15, 0.2) is 0 Å². The quantitative estimate of drug-likeness (QED) is 0.851. The number of piperazine rings is 1. The zero-order valence-electron chi connectivity index (χ0n) is 13.3. The van der Waals surface area contributed by atoms with Gasteiger partial charge in [0.1, 0.15) is 0 Å². The summed E-state index contributed by atoms with van der Waals surface area (Å²) < 4.78 is 5.36. The summed E-state index contributed by atoms with van der Waals surface area (Å²) in [7, 11) is 0. The standard InChI is InChI=1S/C17H19ClN4O2/c18-14-4-2-1-3-13(14)16-19-15(24-20-16)11-21-7-9-22(10-8-21)17(23)12-5-6-12/h1-4,12H,5-11H2. The van der Waals surface area contributed by atoms with Gasteiger partial charge in [-0.05, 0) is 25.0 Å². The summed E-state index contributed by atoms with van der Waals surface area (Å²) in [6.45, 7) is 3.83. The van der Waals surface area contributed by atoms with Gasteiger partial charge in [0.2, 0.25) is 17.6 Å². The second kappa shape index (κ2) is 6.53. The van der Waals surface area contributed by atoms with Crippen molar-refractivity contribution in [2.45, 2.75) is 19.4 Å². The molecule has 0 spiro atoms. The van der Waals surface area contributed by atoms with Gasteiger partial charge in [-0.15, -0.1) is 0 Å². The van der Waals surface area contributed by atoms with Crippen molar-refractivity contribution in [3.63, 3.8) is 0 Å². The van der Waals surface area contributed by atoms with Gasteiger partial charge in [0.25, 0.3) is 0 Å². The summed E-state index contributed by atoms with van der Waals surface area (Å²) in [6, 6.07) is 7.45. The second-order valence-corrected chi connectivity index (χ2v) is 6.77.